The van der Waals surface area contributed by atoms with Crippen LogP contribution in [0.2, 0.25) is 18.1 Å². The number of allylic oxidation sites excluding steroid dienone is 2. The Morgan fingerprint density at radius 2 is 1.95 bits per heavy atom. The molecule has 1 aliphatic carbocycles. The Bertz CT molecular complexity index is 359. The molecule has 0 radical (unpaired) electrons. The third-order valence-corrected chi connectivity index (χ3v) is 9.19. The van der Waals surface area contributed by atoms with Crippen molar-refractivity contribution >= 4 is 14.1 Å². The van der Waals surface area contributed by atoms with Crippen LogP contribution in [-0.4, -0.2) is 20.2 Å². The first kappa shape index (κ1) is 16.4. The minimum absolute atomic E-state index is 0.0804. The van der Waals surface area contributed by atoms with Crippen LogP contribution in [0, 0.1) is 0 Å². The molecular weight excluding hydrogens is 252 g/mol. The number of hydrogen-bond acceptors (Lipinski definition) is 2. The van der Waals surface area contributed by atoms with Crippen molar-refractivity contribution < 1.29 is 9.22 Å². The fraction of sp³-hybridized carbons (Fsp3) is 0.688. The van der Waals surface area contributed by atoms with Gasteiger partial charge in [-0.15, -0.1) is 0 Å². The highest BCUT2D eigenvalue weighted by Gasteiger charge is 2.33. The number of ketones is 1. The van der Waals surface area contributed by atoms with Gasteiger partial charge >= 0.3 is 0 Å². The minimum atomic E-state index is -1.54. The van der Waals surface area contributed by atoms with E-state index in [1.54, 1.807) is 6.92 Å². The Labute approximate surface area is 119 Å². The second-order valence-corrected chi connectivity index (χ2v) is 10.3. The van der Waals surface area contributed by atoms with Gasteiger partial charge in [0, 0.05) is 11.7 Å². The molecule has 0 amide bonds. The van der Waals surface area contributed by atoms with E-state index < -0.39 is 8.32 Å². The molecule has 2 nitrogen and oxygen atoms in total. The second kappa shape index (κ2) is 7.20. The van der Waals surface area contributed by atoms with Gasteiger partial charge in [0.15, 0.2) is 14.1 Å². The minimum Gasteiger partial charge on any atom is -0.414 e. The molecule has 0 aromatic heterocycles. The maximum absolute atomic E-state index is 11.4. The lowest BCUT2D eigenvalue weighted by molar-refractivity contribution is -0.113. The summed E-state index contributed by atoms with van der Waals surface area (Å²) in [6, 6.07) is 3.55. The molecule has 0 saturated carbocycles. The number of carbonyl (C=O) groups is 1. The van der Waals surface area contributed by atoms with Crippen LogP contribution >= 0.6 is 0 Å². The van der Waals surface area contributed by atoms with Gasteiger partial charge < -0.3 is 4.43 Å². The second-order valence-electron chi connectivity index (χ2n) is 5.53. The standard InChI is InChI=1S/C16H28O2Si/c1-6-19(7-2,8-3)18-16-11-9-10-15(12-16)13(4)14(5)17/h10,16H,4,6-9,11-12H2,1-3,5H3. The molecule has 0 bridgehead atoms. The van der Waals surface area contributed by atoms with Crippen LogP contribution in [0.5, 0.6) is 0 Å². The van der Waals surface area contributed by atoms with E-state index in [0.717, 1.165) is 24.8 Å². The number of carbonyl (C=O) groups excluding carboxylic acids is 1. The average Bonchev–Trinajstić information content (AvgIpc) is 2.44. The zero-order valence-corrected chi connectivity index (χ0v) is 13.9. The molecule has 1 atom stereocenters. The first-order chi connectivity index (χ1) is 8.98. The molecule has 1 unspecified atom stereocenters. The van der Waals surface area contributed by atoms with Gasteiger partial charge in [-0.3, -0.25) is 4.79 Å². The van der Waals surface area contributed by atoms with E-state index in [2.05, 4.69) is 33.4 Å². The number of Topliss-reactive ketones (excluding diaryl/α,β-unsaturated/α-hetero) is 1. The highest BCUT2D eigenvalue weighted by molar-refractivity contribution is 6.73. The van der Waals surface area contributed by atoms with Crippen molar-refractivity contribution in [1.82, 2.24) is 0 Å². The van der Waals surface area contributed by atoms with E-state index >= 15 is 0 Å². The molecule has 0 saturated heterocycles. The maximum atomic E-state index is 11.4. The normalized spacial score (nSPS) is 20.0. The van der Waals surface area contributed by atoms with Crippen molar-refractivity contribution in [3.05, 3.63) is 23.8 Å². The lowest BCUT2D eigenvalue weighted by Gasteiger charge is -2.35. The average molecular weight is 280 g/mol. The van der Waals surface area contributed by atoms with Gasteiger partial charge in [-0.25, -0.2) is 0 Å². The Kier molecular flexibility index (Phi) is 6.21. The van der Waals surface area contributed by atoms with Gasteiger partial charge in [0.25, 0.3) is 0 Å². The molecule has 19 heavy (non-hydrogen) atoms. The van der Waals surface area contributed by atoms with Gasteiger partial charge in [0.2, 0.25) is 0 Å². The molecule has 0 aromatic rings. The van der Waals surface area contributed by atoms with E-state index in [1.807, 2.05) is 0 Å². The predicted molar refractivity (Wildman–Crippen MR) is 83.8 cm³/mol. The first-order valence-electron chi connectivity index (χ1n) is 7.55. The van der Waals surface area contributed by atoms with Crippen molar-refractivity contribution in [2.75, 3.05) is 0 Å². The lowest BCUT2D eigenvalue weighted by atomic mass is 9.91. The van der Waals surface area contributed by atoms with Crippen LogP contribution in [0.1, 0.15) is 47.0 Å². The number of rotatable bonds is 7. The summed E-state index contributed by atoms with van der Waals surface area (Å²) in [7, 11) is -1.54. The van der Waals surface area contributed by atoms with E-state index in [-0.39, 0.29) is 5.78 Å². The summed E-state index contributed by atoms with van der Waals surface area (Å²) in [5.41, 5.74) is 1.78. The van der Waals surface area contributed by atoms with Gasteiger partial charge in [-0.2, -0.15) is 0 Å². The highest BCUT2D eigenvalue weighted by Crippen LogP contribution is 2.31. The van der Waals surface area contributed by atoms with Crippen molar-refractivity contribution in [2.24, 2.45) is 0 Å². The Balaban J connectivity index is 2.71. The summed E-state index contributed by atoms with van der Waals surface area (Å²) < 4.78 is 6.53. The summed E-state index contributed by atoms with van der Waals surface area (Å²) >= 11 is 0. The first-order valence-corrected chi connectivity index (χ1v) is 10.1. The van der Waals surface area contributed by atoms with Crippen LogP contribution < -0.4 is 0 Å². The topological polar surface area (TPSA) is 26.3 Å². The summed E-state index contributed by atoms with van der Waals surface area (Å²) in [5, 5.41) is 0. The molecule has 3 heteroatoms. The van der Waals surface area contributed by atoms with E-state index in [1.165, 1.54) is 18.1 Å². The smallest absolute Gasteiger partial charge is 0.192 e. The number of hydrogen-bond donors (Lipinski definition) is 0. The van der Waals surface area contributed by atoms with Crippen LogP contribution in [0.4, 0.5) is 0 Å². The molecule has 1 aliphatic rings. The van der Waals surface area contributed by atoms with Crippen molar-refractivity contribution in [1.29, 1.82) is 0 Å². The molecule has 0 spiro atoms. The molecule has 0 N–H and O–H groups in total. The SMILES string of the molecule is C=C(C(C)=O)C1=CCCC(O[Si](CC)(CC)CC)C1. The van der Waals surface area contributed by atoms with Crippen LogP contribution in [0.15, 0.2) is 23.8 Å². The Morgan fingerprint density at radius 1 is 1.37 bits per heavy atom. The fourth-order valence-corrected chi connectivity index (χ4v) is 5.71. The van der Waals surface area contributed by atoms with E-state index in [4.69, 9.17) is 4.43 Å². The highest BCUT2D eigenvalue weighted by atomic mass is 28.4. The van der Waals surface area contributed by atoms with Gasteiger partial charge in [0.1, 0.15) is 0 Å². The molecule has 0 aliphatic heterocycles. The Hall–Kier alpha value is -0.673. The van der Waals surface area contributed by atoms with Crippen LogP contribution in [0.25, 0.3) is 0 Å². The van der Waals surface area contributed by atoms with Gasteiger partial charge in [-0.1, -0.05) is 33.4 Å². The quantitative estimate of drug-likeness (QED) is 0.502. The fourth-order valence-electron chi connectivity index (χ4n) is 2.80. The van der Waals surface area contributed by atoms with Gasteiger partial charge in [0.05, 0.1) is 0 Å². The van der Waals surface area contributed by atoms with E-state index in [0.29, 0.717) is 11.7 Å². The third-order valence-electron chi connectivity index (χ3n) is 4.49. The monoisotopic (exact) mass is 280 g/mol. The summed E-state index contributed by atoms with van der Waals surface area (Å²) in [5.74, 6) is 0.0804. The predicted octanol–water partition coefficient (Wildman–Crippen LogP) is 4.63. The summed E-state index contributed by atoms with van der Waals surface area (Å²) in [4.78, 5) is 11.4. The molecule has 0 aromatic carbocycles. The van der Waals surface area contributed by atoms with Gasteiger partial charge in [-0.05, 0) is 49.9 Å². The van der Waals surface area contributed by atoms with Crippen LogP contribution in [0.3, 0.4) is 0 Å². The van der Waals surface area contributed by atoms with Crippen molar-refractivity contribution in [3.8, 4) is 0 Å². The molecule has 0 heterocycles. The van der Waals surface area contributed by atoms with Crippen LogP contribution in [-0.2, 0) is 9.22 Å². The maximum Gasteiger partial charge on any atom is 0.192 e. The Morgan fingerprint density at radius 3 is 2.42 bits per heavy atom. The summed E-state index contributed by atoms with van der Waals surface area (Å²) in [6.07, 6.45) is 5.42. The molecule has 1 rings (SSSR count). The zero-order valence-electron chi connectivity index (χ0n) is 12.9. The summed E-state index contributed by atoms with van der Waals surface area (Å²) in [6.45, 7) is 12.3. The third kappa shape index (κ3) is 4.15. The van der Waals surface area contributed by atoms with E-state index in [9.17, 15) is 4.79 Å². The van der Waals surface area contributed by atoms with Crippen molar-refractivity contribution in [2.45, 2.75) is 71.2 Å². The molecule has 0 fully saturated rings. The van der Waals surface area contributed by atoms with Crippen molar-refractivity contribution in [3.63, 3.8) is 0 Å². The molecule has 108 valence electrons. The zero-order chi connectivity index (χ0) is 14.5. The molecular formula is C16H28O2Si. The lowest BCUT2D eigenvalue weighted by Crippen LogP contribution is -2.40. The largest absolute Gasteiger partial charge is 0.414 e.